The first-order valence-electron chi connectivity index (χ1n) is 11.8. The Bertz CT molecular complexity index is 1280. The van der Waals surface area contributed by atoms with E-state index in [1.54, 1.807) is 43.3 Å². The molecule has 0 N–H and O–H groups in total. The van der Waals surface area contributed by atoms with Gasteiger partial charge in [0.1, 0.15) is 11.5 Å². The number of carbonyl (C=O) groups is 4. The number of ether oxygens (including phenoxy) is 2. The van der Waals surface area contributed by atoms with Crippen LogP contribution >= 0.6 is 11.6 Å². The molecule has 8 nitrogen and oxygen atoms in total. The van der Waals surface area contributed by atoms with E-state index in [4.69, 9.17) is 21.1 Å². The zero-order chi connectivity index (χ0) is 25.6. The number of halogens is 1. The average molecular weight is 509 g/mol. The van der Waals surface area contributed by atoms with Crippen molar-refractivity contribution in [2.45, 2.75) is 26.2 Å². The maximum absolute atomic E-state index is 12.9. The molecule has 3 atom stereocenters. The number of hydrogen-bond donors (Lipinski definition) is 0. The van der Waals surface area contributed by atoms with Crippen molar-refractivity contribution in [3.05, 3.63) is 59.1 Å². The Morgan fingerprint density at radius 3 is 2.31 bits per heavy atom. The lowest BCUT2D eigenvalue weighted by atomic mass is 9.85. The smallest absolute Gasteiger partial charge is 0.316 e. The lowest BCUT2D eigenvalue weighted by molar-refractivity contribution is -0.139. The van der Waals surface area contributed by atoms with Crippen molar-refractivity contribution in [3.63, 3.8) is 0 Å². The van der Waals surface area contributed by atoms with E-state index in [2.05, 4.69) is 0 Å². The standard InChI is InChI=1S/C27H25ClN2O6/c1-15-11-18(8-9-21(15)30-25(32)19-5-3-4-6-20(19)26(30)33)36-27(34)16-12-24(31)29(14-16)22-13-17(28)7-10-23(22)35-2/h3-4,7-11,13,16,19-20H,5-6,12,14H2,1-2H3/t16-,19-,20+/m1/s1. The third-order valence-corrected chi connectivity index (χ3v) is 7.26. The average Bonchev–Trinajstić information content (AvgIpc) is 3.37. The van der Waals surface area contributed by atoms with E-state index in [9.17, 15) is 19.2 Å². The van der Waals surface area contributed by atoms with Crippen LogP contribution in [-0.4, -0.2) is 37.3 Å². The van der Waals surface area contributed by atoms with Crippen LogP contribution in [0.4, 0.5) is 11.4 Å². The van der Waals surface area contributed by atoms with Crippen LogP contribution in [0.1, 0.15) is 24.8 Å². The summed E-state index contributed by atoms with van der Waals surface area (Å²) in [5.74, 6) is -1.69. The molecule has 0 aromatic heterocycles. The van der Waals surface area contributed by atoms with Crippen molar-refractivity contribution in [2.75, 3.05) is 23.5 Å². The lowest BCUT2D eigenvalue weighted by Gasteiger charge is -2.20. The van der Waals surface area contributed by atoms with Gasteiger partial charge in [0.15, 0.2) is 0 Å². The van der Waals surface area contributed by atoms with Crippen molar-refractivity contribution in [1.82, 2.24) is 0 Å². The lowest BCUT2D eigenvalue weighted by Crippen LogP contribution is -2.31. The molecule has 0 spiro atoms. The molecule has 186 valence electrons. The summed E-state index contributed by atoms with van der Waals surface area (Å²) in [6.45, 7) is 1.90. The predicted octanol–water partition coefficient (Wildman–Crippen LogP) is 4.07. The molecule has 9 heteroatoms. The number of methoxy groups -OCH3 is 1. The number of imide groups is 1. The molecular formula is C27H25ClN2O6. The SMILES string of the molecule is COc1ccc(Cl)cc1N1C[C@H](C(=O)Oc2ccc(N3C(=O)[C@H]4CC=CC[C@H]4C3=O)c(C)c2)CC1=O. The highest BCUT2D eigenvalue weighted by Crippen LogP contribution is 2.40. The van der Waals surface area contributed by atoms with Crippen LogP contribution in [-0.2, 0) is 19.2 Å². The summed E-state index contributed by atoms with van der Waals surface area (Å²) in [4.78, 5) is 54.2. The van der Waals surface area contributed by atoms with Crippen molar-refractivity contribution in [2.24, 2.45) is 17.8 Å². The highest BCUT2D eigenvalue weighted by Gasteiger charge is 2.48. The minimum absolute atomic E-state index is 0.000833. The molecule has 0 bridgehead atoms. The van der Waals surface area contributed by atoms with E-state index in [-0.39, 0.29) is 48.3 Å². The summed E-state index contributed by atoms with van der Waals surface area (Å²) in [7, 11) is 1.50. The number of benzene rings is 2. The van der Waals surface area contributed by atoms with Crippen LogP contribution < -0.4 is 19.3 Å². The monoisotopic (exact) mass is 508 g/mol. The molecule has 3 amide bonds. The van der Waals surface area contributed by atoms with Crippen LogP contribution in [0.3, 0.4) is 0 Å². The van der Waals surface area contributed by atoms with Crippen LogP contribution in [0.15, 0.2) is 48.6 Å². The highest BCUT2D eigenvalue weighted by atomic mass is 35.5. The molecule has 3 aliphatic rings. The molecule has 2 fully saturated rings. The second-order valence-corrected chi connectivity index (χ2v) is 9.70. The van der Waals surface area contributed by atoms with Gasteiger partial charge in [-0.25, -0.2) is 4.90 Å². The van der Waals surface area contributed by atoms with E-state index >= 15 is 0 Å². The number of rotatable bonds is 5. The van der Waals surface area contributed by atoms with Crippen LogP contribution in [0.5, 0.6) is 11.5 Å². The normalized spacial score (nSPS) is 23.3. The summed E-state index contributed by atoms with van der Waals surface area (Å²) in [6.07, 6.45) is 5.03. The first kappa shape index (κ1) is 24.1. The second-order valence-electron chi connectivity index (χ2n) is 9.26. The van der Waals surface area contributed by atoms with Crippen molar-refractivity contribution in [1.29, 1.82) is 0 Å². The summed E-state index contributed by atoms with van der Waals surface area (Å²) >= 11 is 6.10. The first-order valence-corrected chi connectivity index (χ1v) is 12.2. The number of hydrogen-bond acceptors (Lipinski definition) is 6. The molecule has 0 unspecified atom stereocenters. The molecule has 2 saturated heterocycles. The number of allylic oxidation sites excluding steroid dienone is 2. The fourth-order valence-corrected chi connectivity index (χ4v) is 5.32. The van der Waals surface area contributed by atoms with Gasteiger partial charge in [-0.1, -0.05) is 23.8 Å². The number of fused-ring (bicyclic) bond motifs is 1. The Morgan fingerprint density at radius 2 is 1.67 bits per heavy atom. The molecule has 2 aromatic rings. The molecule has 0 radical (unpaired) electrons. The van der Waals surface area contributed by atoms with Crippen LogP contribution in [0, 0.1) is 24.7 Å². The number of anilines is 2. The molecule has 0 saturated carbocycles. The van der Waals surface area contributed by atoms with Gasteiger partial charge in [0, 0.05) is 18.0 Å². The van der Waals surface area contributed by atoms with E-state index < -0.39 is 11.9 Å². The third-order valence-electron chi connectivity index (χ3n) is 7.03. The topological polar surface area (TPSA) is 93.2 Å². The van der Waals surface area contributed by atoms with Crippen LogP contribution in [0.2, 0.25) is 5.02 Å². The molecule has 36 heavy (non-hydrogen) atoms. The summed E-state index contributed by atoms with van der Waals surface area (Å²) < 4.78 is 10.9. The van der Waals surface area contributed by atoms with Gasteiger partial charge in [0.05, 0.1) is 36.2 Å². The zero-order valence-corrected chi connectivity index (χ0v) is 20.7. The van der Waals surface area contributed by atoms with Gasteiger partial charge in [-0.15, -0.1) is 0 Å². The number of nitrogens with zero attached hydrogens (tertiary/aromatic N) is 2. The van der Waals surface area contributed by atoms with Gasteiger partial charge >= 0.3 is 5.97 Å². The Hall–Kier alpha value is -3.65. The van der Waals surface area contributed by atoms with Gasteiger partial charge in [0.2, 0.25) is 17.7 Å². The fourth-order valence-electron chi connectivity index (χ4n) is 5.15. The molecule has 2 aliphatic heterocycles. The predicted molar refractivity (Wildman–Crippen MR) is 133 cm³/mol. The van der Waals surface area contributed by atoms with E-state index in [1.165, 1.54) is 16.9 Å². The Balaban J connectivity index is 1.29. The minimum atomic E-state index is -0.668. The van der Waals surface area contributed by atoms with E-state index in [1.807, 2.05) is 12.2 Å². The summed E-state index contributed by atoms with van der Waals surface area (Å²) in [5, 5.41) is 0.450. The molecule has 5 rings (SSSR count). The second kappa shape index (κ2) is 9.43. The van der Waals surface area contributed by atoms with Gasteiger partial charge < -0.3 is 14.4 Å². The molecule has 2 aromatic carbocycles. The van der Waals surface area contributed by atoms with Crippen molar-refractivity contribution < 1.29 is 28.7 Å². The van der Waals surface area contributed by atoms with Crippen molar-refractivity contribution >= 4 is 46.7 Å². The third kappa shape index (κ3) is 4.15. The largest absolute Gasteiger partial charge is 0.495 e. The van der Waals surface area contributed by atoms with Gasteiger partial charge in [-0.3, -0.25) is 19.2 Å². The Labute approximate surface area is 213 Å². The summed E-state index contributed by atoms with van der Waals surface area (Å²) in [5.41, 5.74) is 1.64. The molecular weight excluding hydrogens is 484 g/mol. The molecule has 2 heterocycles. The maximum atomic E-state index is 12.9. The van der Waals surface area contributed by atoms with Gasteiger partial charge in [-0.2, -0.15) is 0 Å². The first-order chi connectivity index (χ1) is 17.3. The van der Waals surface area contributed by atoms with E-state index in [0.717, 1.165) is 0 Å². The number of carbonyl (C=O) groups excluding carboxylic acids is 4. The Kier molecular flexibility index (Phi) is 6.30. The Morgan fingerprint density at radius 1 is 0.972 bits per heavy atom. The van der Waals surface area contributed by atoms with Crippen LogP contribution in [0.25, 0.3) is 0 Å². The number of esters is 1. The van der Waals surface area contributed by atoms with E-state index in [0.29, 0.717) is 40.6 Å². The highest BCUT2D eigenvalue weighted by molar-refractivity contribution is 6.31. The zero-order valence-electron chi connectivity index (χ0n) is 19.9. The number of amides is 3. The molecule has 1 aliphatic carbocycles. The maximum Gasteiger partial charge on any atom is 0.316 e. The van der Waals surface area contributed by atoms with Crippen molar-refractivity contribution in [3.8, 4) is 11.5 Å². The van der Waals surface area contributed by atoms with Gasteiger partial charge in [0.25, 0.3) is 0 Å². The van der Waals surface area contributed by atoms with Gasteiger partial charge in [-0.05, 0) is 61.7 Å². The minimum Gasteiger partial charge on any atom is -0.495 e. The summed E-state index contributed by atoms with van der Waals surface area (Å²) in [6, 6.07) is 9.78. The quantitative estimate of drug-likeness (QED) is 0.261. The fraction of sp³-hybridized carbons (Fsp3) is 0.333. The number of aryl methyl sites for hydroxylation is 1.